The maximum absolute atomic E-state index is 12.0. The van der Waals surface area contributed by atoms with Gasteiger partial charge in [0.05, 0.1) is 0 Å². The molecule has 0 spiro atoms. The Labute approximate surface area is 105 Å². The number of hydrogen-bond donors (Lipinski definition) is 0. The van der Waals surface area contributed by atoms with Gasteiger partial charge in [-0.3, -0.25) is 9.69 Å². The van der Waals surface area contributed by atoms with E-state index >= 15 is 0 Å². The predicted molar refractivity (Wildman–Crippen MR) is 68.9 cm³/mol. The smallest absolute Gasteiger partial charge is 0.223 e. The summed E-state index contributed by atoms with van der Waals surface area (Å²) in [5, 5.41) is 0. The molecule has 2 unspecified atom stereocenters. The molecule has 0 radical (unpaired) electrons. The van der Waals surface area contributed by atoms with Gasteiger partial charge in [-0.2, -0.15) is 0 Å². The summed E-state index contributed by atoms with van der Waals surface area (Å²) in [5.74, 6) is 1.14. The fourth-order valence-corrected chi connectivity index (χ4v) is 2.66. The Bertz CT molecular complexity index is 274. The van der Waals surface area contributed by atoms with Gasteiger partial charge >= 0.3 is 0 Å². The zero-order valence-corrected chi connectivity index (χ0v) is 11.4. The van der Waals surface area contributed by atoms with E-state index in [1.54, 1.807) is 0 Å². The van der Waals surface area contributed by atoms with Gasteiger partial charge in [0.15, 0.2) is 0 Å². The van der Waals surface area contributed by atoms with Gasteiger partial charge in [0.2, 0.25) is 5.91 Å². The highest BCUT2D eigenvalue weighted by Crippen LogP contribution is 2.23. The number of rotatable bonds is 3. The zero-order chi connectivity index (χ0) is 12.4. The highest BCUT2D eigenvalue weighted by atomic mass is 16.2. The number of hydrogen-bond acceptors (Lipinski definition) is 3. The Kier molecular flexibility index (Phi) is 4.05. The van der Waals surface area contributed by atoms with Gasteiger partial charge in [0, 0.05) is 51.7 Å². The van der Waals surface area contributed by atoms with Crippen LogP contribution in [0.5, 0.6) is 0 Å². The molecule has 2 aliphatic heterocycles. The molecule has 98 valence electrons. The number of piperazine rings is 1. The highest BCUT2D eigenvalue weighted by Gasteiger charge is 2.31. The summed E-state index contributed by atoms with van der Waals surface area (Å²) in [7, 11) is 2.12. The Hall–Kier alpha value is -0.610. The lowest BCUT2D eigenvalue weighted by molar-refractivity contribution is -0.133. The van der Waals surface area contributed by atoms with Gasteiger partial charge in [-0.25, -0.2) is 0 Å². The molecule has 0 aromatic carbocycles. The van der Waals surface area contributed by atoms with Crippen LogP contribution in [-0.4, -0.2) is 73.0 Å². The van der Waals surface area contributed by atoms with E-state index < -0.39 is 0 Å². The van der Waals surface area contributed by atoms with Crippen LogP contribution in [0.4, 0.5) is 0 Å². The first-order valence-electron chi connectivity index (χ1n) is 6.78. The summed E-state index contributed by atoms with van der Waals surface area (Å²) in [6, 6.07) is 0.662. The molecule has 2 saturated heterocycles. The van der Waals surface area contributed by atoms with Crippen molar-refractivity contribution in [2.75, 3.05) is 46.3 Å². The fourth-order valence-electron chi connectivity index (χ4n) is 2.66. The van der Waals surface area contributed by atoms with Crippen LogP contribution in [0.2, 0.25) is 0 Å². The average molecular weight is 239 g/mol. The number of carbonyl (C=O) groups is 1. The van der Waals surface area contributed by atoms with E-state index in [9.17, 15) is 4.79 Å². The summed E-state index contributed by atoms with van der Waals surface area (Å²) in [4.78, 5) is 18.7. The Morgan fingerprint density at radius 1 is 1.18 bits per heavy atom. The number of amides is 1. The van der Waals surface area contributed by atoms with Crippen molar-refractivity contribution in [2.24, 2.45) is 5.92 Å². The molecule has 17 heavy (non-hydrogen) atoms. The van der Waals surface area contributed by atoms with Crippen LogP contribution in [0.3, 0.4) is 0 Å². The van der Waals surface area contributed by atoms with E-state index in [0.29, 0.717) is 18.4 Å². The first-order chi connectivity index (χ1) is 8.08. The van der Waals surface area contributed by atoms with Gasteiger partial charge in [-0.05, 0) is 19.9 Å². The Morgan fingerprint density at radius 2 is 1.82 bits per heavy atom. The van der Waals surface area contributed by atoms with Crippen molar-refractivity contribution < 1.29 is 4.79 Å². The Morgan fingerprint density at radius 3 is 2.35 bits per heavy atom. The quantitative estimate of drug-likeness (QED) is 0.717. The van der Waals surface area contributed by atoms with Crippen molar-refractivity contribution in [2.45, 2.75) is 26.3 Å². The molecule has 2 heterocycles. The molecule has 1 amide bonds. The van der Waals surface area contributed by atoms with Crippen molar-refractivity contribution in [3.8, 4) is 0 Å². The SMILES string of the molecule is CC1CN(CCC(=O)N2CCN(C)CC2)C1C. The van der Waals surface area contributed by atoms with Crippen molar-refractivity contribution >= 4 is 5.91 Å². The largest absolute Gasteiger partial charge is 0.340 e. The highest BCUT2D eigenvalue weighted by molar-refractivity contribution is 5.76. The van der Waals surface area contributed by atoms with Crippen LogP contribution in [0, 0.1) is 5.92 Å². The lowest BCUT2D eigenvalue weighted by atomic mass is 9.92. The Balaban J connectivity index is 1.67. The van der Waals surface area contributed by atoms with E-state index in [1.807, 2.05) is 4.90 Å². The van der Waals surface area contributed by atoms with Gasteiger partial charge in [-0.1, -0.05) is 6.92 Å². The summed E-state index contributed by atoms with van der Waals surface area (Å²) in [5.41, 5.74) is 0. The summed E-state index contributed by atoms with van der Waals surface area (Å²) < 4.78 is 0. The monoisotopic (exact) mass is 239 g/mol. The van der Waals surface area contributed by atoms with Crippen LogP contribution in [-0.2, 0) is 4.79 Å². The zero-order valence-electron chi connectivity index (χ0n) is 11.4. The van der Waals surface area contributed by atoms with Crippen LogP contribution in [0.1, 0.15) is 20.3 Å². The number of likely N-dealkylation sites (N-methyl/N-ethyl adjacent to an activating group) is 1. The van der Waals surface area contributed by atoms with Crippen LogP contribution in [0.15, 0.2) is 0 Å². The minimum atomic E-state index is 0.338. The number of nitrogens with zero attached hydrogens (tertiary/aromatic N) is 3. The van der Waals surface area contributed by atoms with Gasteiger partial charge in [0.1, 0.15) is 0 Å². The van der Waals surface area contributed by atoms with Crippen LogP contribution >= 0.6 is 0 Å². The van der Waals surface area contributed by atoms with Crippen molar-refractivity contribution in [1.29, 1.82) is 0 Å². The maximum Gasteiger partial charge on any atom is 0.223 e. The van der Waals surface area contributed by atoms with Crippen molar-refractivity contribution in [3.63, 3.8) is 0 Å². The third-order valence-electron chi connectivity index (χ3n) is 4.39. The minimum Gasteiger partial charge on any atom is -0.340 e. The predicted octanol–water partition coefficient (Wildman–Crippen LogP) is 0.491. The molecule has 0 N–H and O–H groups in total. The van der Waals surface area contributed by atoms with E-state index in [2.05, 4.69) is 30.7 Å². The summed E-state index contributed by atoms with van der Waals surface area (Å²) in [6.45, 7) is 10.5. The molecular formula is C13H25N3O. The van der Waals surface area contributed by atoms with E-state index in [-0.39, 0.29) is 0 Å². The standard InChI is InChI=1S/C13H25N3O/c1-11-10-16(12(11)2)5-4-13(17)15-8-6-14(3)7-9-15/h11-12H,4-10H2,1-3H3. The molecule has 4 heteroatoms. The van der Waals surface area contributed by atoms with Crippen molar-refractivity contribution in [1.82, 2.24) is 14.7 Å². The normalized spacial score (nSPS) is 31.4. The summed E-state index contributed by atoms with van der Waals surface area (Å²) >= 11 is 0. The second kappa shape index (κ2) is 5.36. The van der Waals surface area contributed by atoms with E-state index in [1.165, 1.54) is 0 Å². The van der Waals surface area contributed by atoms with Gasteiger partial charge < -0.3 is 9.80 Å². The van der Waals surface area contributed by atoms with E-state index in [0.717, 1.165) is 45.2 Å². The molecule has 2 aliphatic rings. The van der Waals surface area contributed by atoms with Crippen LogP contribution in [0.25, 0.3) is 0 Å². The van der Waals surface area contributed by atoms with Crippen molar-refractivity contribution in [3.05, 3.63) is 0 Å². The summed E-state index contributed by atoms with van der Waals surface area (Å²) in [6.07, 6.45) is 0.695. The minimum absolute atomic E-state index is 0.338. The molecule has 0 saturated carbocycles. The average Bonchev–Trinajstić information content (AvgIpc) is 2.34. The first-order valence-corrected chi connectivity index (χ1v) is 6.78. The third kappa shape index (κ3) is 2.99. The molecule has 4 nitrogen and oxygen atoms in total. The lowest BCUT2D eigenvalue weighted by Gasteiger charge is -2.45. The second-order valence-electron chi connectivity index (χ2n) is 5.65. The third-order valence-corrected chi connectivity index (χ3v) is 4.39. The van der Waals surface area contributed by atoms with Gasteiger partial charge in [-0.15, -0.1) is 0 Å². The molecule has 2 atom stereocenters. The molecule has 0 bridgehead atoms. The topological polar surface area (TPSA) is 26.8 Å². The molecule has 0 aromatic rings. The van der Waals surface area contributed by atoms with Gasteiger partial charge in [0.25, 0.3) is 0 Å². The number of carbonyl (C=O) groups excluding carboxylic acids is 1. The van der Waals surface area contributed by atoms with E-state index in [4.69, 9.17) is 0 Å². The second-order valence-corrected chi connectivity index (χ2v) is 5.65. The fraction of sp³-hybridized carbons (Fsp3) is 0.923. The lowest BCUT2D eigenvalue weighted by Crippen LogP contribution is -2.54. The molecule has 2 fully saturated rings. The maximum atomic E-state index is 12.0. The number of likely N-dealkylation sites (tertiary alicyclic amines) is 1. The molecule has 2 rings (SSSR count). The molecule has 0 aliphatic carbocycles. The molecular weight excluding hydrogens is 214 g/mol. The molecule has 0 aromatic heterocycles. The van der Waals surface area contributed by atoms with Crippen LogP contribution < -0.4 is 0 Å². The first kappa shape index (κ1) is 12.8.